The molecule has 0 fully saturated rings. The van der Waals surface area contributed by atoms with Gasteiger partial charge in [-0.3, -0.25) is 4.72 Å². The summed E-state index contributed by atoms with van der Waals surface area (Å²) in [7, 11) is -0.608. The van der Waals surface area contributed by atoms with Crippen LogP contribution in [0.15, 0.2) is 47.5 Å². The summed E-state index contributed by atoms with van der Waals surface area (Å²) in [5, 5.41) is 3.35. The summed E-state index contributed by atoms with van der Waals surface area (Å²) < 4.78 is 39.0. The minimum Gasteiger partial charge on any atom is -0.493 e. The summed E-state index contributed by atoms with van der Waals surface area (Å²) in [4.78, 5) is 4.54. The normalized spacial score (nSPS) is 18.2. The van der Waals surface area contributed by atoms with Crippen LogP contribution in [0, 0.1) is 0 Å². The molecule has 8 nitrogen and oxygen atoms in total. The number of hydrogen-bond donors (Lipinski definition) is 2. The minimum absolute atomic E-state index is 0.0661. The highest BCUT2D eigenvalue weighted by molar-refractivity contribution is 7.90. The van der Waals surface area contributed by atoms with Gasteiger partial charge in [0.25, 0.3) is 6.02 Å². The summed E-state index contributed by atoms with van der Waals surface area (Å²) in [6, 6.07) is 13.7. The van der Waals surface area contributed by atoms with E-state index in [1.165, 1.54) is 14.1 Å². The van der Waals surface area contributed by atoms with Gasteiger partial charge in [-0.1, -0.05) is 18.2 Å². The molecule has 2 N–H and O–H groups in total. The van der Waals surface area contributed by atoms with E-state index in [2.05, 4.69) is 15.0 Å². The van der Waals surface area contributed by atoms with Crippen molar-refractivity contribution in [1.29, 1.82) is 0 Å². The number of amidine groups is 1. The average molecular weight is 402 g/mol. The van der Waals surface area contributed by atoms with Gasteiger partial charge in [0.15, 0.2) is 0 Å². The molecule has 0 bridgehead atoms. The van der Waals surface area contributed by atoms with E-state index in [4.69, 9.17) is 9.47 Å². The van der Waals surface area contributed by atoms with Crippen LogP contribution in [0.25, 0.3) is 0 Å². The molecule has 0 saturated carbocycles. The van der Waals surface area contributed by atoms with Gasteiger partial charge in [0.05, 0.1) is 24.0 Å². The largest absolute Gasteiger partial charge is 0.493 e. The van der Waals surface area contributed by atoms with Crippen LogP contribution in [0.2, 0.25) is 0 Å². The molecule has 0 amide bonds. The second kappa shape index (κ2) is 7.33. The zero-order valence-electron chi connectivity index (χ0n) is 15.7. The molecule has 9 heteroatoms. The minimum atomic E-state index is -3.55. The molecule has 1 atom stereocenters. The van der Waals surface area contributed by atoms with Crippen molar-refractivity contribution in [3.8, 4) is 5.75 Å². The van der Waals surface area contributed by atoms with Crippen LogP contribution >= 0.6 is 0 Å². The molecule has 4 rings (SSSR count). The monoisotopic (exact) mass is 402 g/mol. The Morgan fingerprint density at radius 1 is 1.14 bits per heavy atom. The van der Waals surface area contributed by atoms with Gasteiger partial charge in [-0.15, -0.1) is 0 Å². The third kappa shape index (κ3) is 3.76. The molecular formula is C19H22N4O4S. The van der Waals surface area contributed by atoms with Crippen LogP contribution < -0.4 is 14.8 Å². The molecule has 0 aromatic heterocycles. The number of benzene rings is 2. The number of rotatable bonds is 4. The Hall–Kier alpha value is -2.78. The topological polar surface area (TPSA) is 92.3 Å². The predicted octanol–water partition coefficient (Wildman–Crippen LogP) is 2.54. The van der Waals surface area contributed by atoms with Crippen LogP contribution in [0.4, 0.5) is 11.4 Å². The van der Waals surface area contributed by atoms with Crippen molar-refractivity contribution in [1.82, 2.24) is 9.62 Å². The number of para-hydroxylation sites is 1. The fourth-order valence-electron chi connectivity index (χ4n) is 3.12. The highest BCUT2D eigenvalue weighted by Crippen LogP contribution is 2.33. The number of hydrogen-bond acceptors (Lipinski definition) is 6. The SMILES string of the molecule is CN(C)S(=O)(=O)Nc1ccc2c(c1)COC(NC1CCOc3ccccc31)=N2. The van der Waals surface area contributed by atoms with Crippen molar-refractivity contribution in [2.75, 3.05) is 25.4 Å². The van der Waals surface area contributed by atoms with Crippen LogP contribution in [-0.4, -0.2) is 39.4 Å². The first-order valence-electron chi connectivity index (χ1n) is 8.95. The second-order valence-corrected chi connectivity index (χ2v) is 8.70. The van der Waals surface area contributed by atoms with E-state index in [9.17, 15) is 8.42 Å². The first-order chi connectivity index (χ1) is 13.4. The Morgan fingerprint density at radius 2 is 1.96 bits per heavy atom. The molecule has 2 aliphatic heterocycles. The highest BCUT2D eigenvalue weighted by Gasteiger charge is 2.24. The molecule has 28 heavy (non-hydrogen) atoms. The van der Waals surface area contributed by atoms with Gasteiger partial charge < -0.3 is 14.8 Å². The third-order valence-corrected chi connectivity index (χ3v) is 6.10. The first-order valence-corrected chi connectivity index (χ1v) is 10.4. The summed E-state index contributed by atoms with van der Waals surface area (Å²) in [5.74, 6) is 0.876. The Labute approximate surface area is 164 Å². The zero-order chi connectivity index (χ0) is 19.7. The number of fused-ring (bicyclic) bond motifs is 2. The Bertz CT molecular complexity index is 1020. The van der Waals surface area contributed by atoms with Crippen LogP contribution in [-0.2, 0) is 21.6 Å². The maximum atomic E-state index is 12.0. The summed E-state index contributed by atoms with van der Waals surface area (Å²) in [6.07, 6.45) is 0.817. The molecular weight excluding hydrogens is 380 g/mol. The van der Waals surface area contributed by atoms with E-state index in [0.29, 0.717) is 24.9 Å². The second-order valence-electron chi connectivity index (χ2n) is 6.81. The molecule has 0 radical (unpaired) electrons. The highest BCUT2D eigenvalue weighted by atomic mass is 32.2. The Morgan fingerprint density at radius 3 is 2.79 bits per heavy atom. The number of aliphatic imine (C=N–C) groups is 1. The maximum Gasteiger partial charge on any atom is 0.301 e. The molecule has 0 saturated heterocycles. The van der Waals surface area contributed by atoms with Gasteiger partial charge in [-0.2, -0.15) is 17.7 Å². The summed E-state index contributed by atoms with van der Waals surface area (Å²) in [5.41, 5.74) is 3.12. The molecule has 148 valence electrons. The molecule has 0 aliphatic carbocycles. The fraction of sp³-hybridized carbons (Fsp3) is 0.316. The lowest BCUT2D eigenvalue weighted by Gasteiger charge is -2.28. The van der Waals surface area contributed by atoms with Gasteiger partial charge in [0, 0.05) is 31.6 Å². The van der Waals surface area contributed by atoms with Crippen molar-refractivity contribution >= 4 is 27.6 Å². The average Bonchev–Trinajstić information content (AvgIpc) is 2.68. The van der Waals surface area contributed by atoms with Crippen LogP contribution in [0.3, 0.4) is 0 Å². The number of nitrogens with zero attached hydrogens (tertiary/aromatic N) is 2. The van der Waals surface area contributed by atoms with Gasteiger partial charge in [0.1, 0.15) is 12.4 Å². The summed E-state index contributed by atoms with van der Waals surface area (Å²) >= 11 is 0. The molecule has 1 unspecified atom stereocenters. The van der Waals surface area contributed by atoms with E-state index in [1.54, 1.807) is 18.2 Å². The molecule has 2 aromatic rings. The van der Waals surface area contributed by atoms with Gasteiger partial charge in [-0.25, -0.2) is 0 Å². The van der Waals surface area contributed by atoms with Crippen molar-refractivity contribution < 1.29 is 17.9 Å². The van der Waals surface area contributed by atoms with Crippen molar-refractivity contribution in [2.45, 2.75) is 19.1 Å². The lowest BCUT2D eigenvalue weighted by atomic mass is 10.0. The number of nitrogens with one attached hydrogen (secondary N) is 2. The predicted molar refractivity (Wildman–Crippen MR) is 107 cm³/mol. The molecule has 2 aliphatic rings. The first kappa shape index (κ1) is 18.6. The van der Waals surface area contributed by atoms with Gasteiger partial charge in [-0.05, 0) is 24.3 Å². The molecule has 2 heterocycles. The van der Waals surface area contributed by atoms with Crippen LogP contribution in [0.5, 0.6) is 5.75 Å². The fourth-order valence-corrected chi connectivity index (χ4v) is 3.72. The third-order valence-electron chi connectivity index (χ3n) is 4.65. The van der Waals surface area contributed by atoms with E-state index in [-0.39, 0.29) is 6.04 Å². The smallest absolute Gasteiger partial charge is 0.301 e. The van der Waals surface area contributed by atoms with Gasteiger partial charge in [0.2, 0.25) is 0 Å². The molecule has 2 aromatic carbocycles. The zero-order valence-corrected chi connectivity index (χ0v) is 16.5. The summed E-state index contributed by atoms with van der Waals surface area (Å²) in [6.45, 7) is 0.942. The van der Waals surface area contributed by atoms with Gasteiger partial charge >= 0.3 is 10.2 Å². The standard InChI is InChI=1S/C19H22N4O4S/c1-23(2)28(24,25)22-14-7-8-16-13(11-14)12-27-19(20-16)21-17-9-10-26-18-6-4-3-5-15(17)18/h3-8,11,17,22H,9-10,12H2,1-2H3,(H,20,21). The van der Waals surface area contributed by atoms with E-state index >= 15 is 0 Å². The number of anilines is 1. The lowest BCUT2D eigenvalue weighted by Crippen LogP contribution is -2.34. The number of ether oxygens (including phenoxy) is 2. The van der Waals surface area contributed by atoms with E-state index < -0.39 is 10.2 Å². The van der Waals surface area contributed by atoms with Crippen molar-refractivity contribution in [2.24, 2.45) is 4.99 Å². The van der Waals surface area contributed by atoms with Crippen molar-refractivity contribution in [3.05, 3.63) is 53.6 Å². The van der Waals surface area contributed by atoms with Crippen LogP contribution in [0.1, 0.15) is 23.6 Å². The lowest BCUT2D eigenvalue weighted by molar-refractivity contribution is 0.238. The van der Waals surface area contributed by atoms with Crippen molar-refractivity contribution in [3.63, 3.8) is 0 Å². The maximum absolute atomic E-state index is 12.0. The Kier molecular flexibility index (Phi) is 4.86. The Balaban J connectivity index is 1.52. The molecule has 0 spiro atoms. The van der Waals surface area contributed by atoms with E-state index in [1.807, 2.05) is 24.3 Å². The quantitative estimate of drug-likeness (QED) is 0.820. The van der Waals surface area contributed by atoms with E-state index in [0.717, 1.165) is 33.3 Å².